The van der Waals surface area contributed by atoms with Gasteiger partial charge in [-0.3, -0.25) is 14.4 Å². The van der Waals surface area contributed by atoms with E-state index < -0.39 is 10.9 Å². The van der Waals surface area contributed by atoms with E-state index in [1.807, 2.05) is 19.0 Å². The van der Waals surface area contributed by atoms with Crippen LogP contribution in [0.3, 0.4) is 0 Å². The van der Waals surface area contributed by atoms with Gasteiger partial charge in [0.2, 0.25) is 6.41 Å². The van der Waals surface area contributed by atoms with E-state index in [2.05, 4.69) is 10.2 Å². The van der Waals surface area contributed by atoms with Crippen molar-refractivity contribution in [1.29, 1.82) is 0 Å². The van der Waals surface area contributed by atoms with Crippen molar-refractivity contribution >= 4 is 17.8 Å². The standard InChI is InChI=1S/C14H22N4O3/c1-16(2)5-3-4-15-11-12(14(21)13(11)20)18-8-6-17(10-19)7-9-18/h10,15H,3-9H2,1-2H3. The monoisotopic (exact) mass is 294 g/mol. The van der Waals surface area contributed by atoms with Crippen molar-refractivity contribution in [3.05, 3.63) is 20.4 Å². The van der Waals surface area contributed by atoms with Crippen LogP contribution in [0.2, 0.25) is 0 Å². The normalized spacial score (nSPS) is 15.8. The highest BCUT2D eigenvalue weighted by Gasteiger charge is 2.27. The van der Waals surface area contributed by atoms with Crippen LogP contribution in [0.5, 0.6) is 0 Å². The molecule has 0 atom stereocenters. The number of carbonyl (C=O) groups excluding carboxylic acids is 1. The molecule has 0 radical (unpaired) electrons. The lowest BCUT2D eigenvalue weighted by atomic mass is 10.1. The zero-order chi connectivity index (χ0) is 15.4. The van der Waals surface area contributed by atoms with Crippen molar-refractivity contribution in [2.75, 3.05) is 63.6 Å². The smallest absolute Gasteiger partial charge is 0.253 e. The van der Waals surface area contributed by atoms with Gasteiger partial charge in [-0.1, -0.05) is 0 Å². The SMILES string of the molecule is CN(C)CCCNc1c(N2CCN(C=O)CC2)c(=O)c1=O. The summed E-state index contributed by atoms with van der Waals surface area (Å²) < 4.78 is 0. The summed E-state index contributed by atoms with van der Waals surface area (Å²) in [6.07, 6.45) is 1.73. The van der Waals surface area contributed by atoms with Crippen LogP contribution in [-0.4, -0.2) is 69.6 Å². The summed E-state index contributed by atoms with van der Waals surface area (Å²) >= 11 is 0. The zero-order valence-corrected chi connectivity index (χ0v) is 12.6. The second-order valence-corrected chi connectivity index (χ2v) is 5.59. The molecule has 1 heterocycles. The first-order valence-electron chi connectivity index (χ1n) is 7.20. The first kappa shape index (κ1) is 15.5. The summed E-state index contributed by atoms with van der Waals surface area (Å²) in [6.45, 7) is 3.96. The number of hydrogen-bond acceptors (Lipinski definition) is 6. The Kier molecular flexibility index (Phi) is 4.95. The molecule has 7 heteroatoms. The van der Waals surface area contributed by atoms with Gasteiger partial charge in [0.15, 0.2) is 0 Å². The predicted molar refractivity (Wildman–Crippen MR) is 82.9 cm³/mol. The van der Waals surface area contributed by atoms with Gasteiger partial charge in [0.05, 0.1) is 0 Å². The Balaban J connectivity index is 1.95. The minimum absolute atomic E-state index is 0.412. The van der Waals surface area contributed by atoms with E-state index >= 15 is 0 Å². The molecule has 1 aliphatic rings. The number of anilines is 2. The third-order valence-corrected chi connectivity index (χ3v) is 3.75. The quantitative estimate of drug-likeness (QED) is 0.392. The highest BCUT2D eigenvalue weighted by Crippen LogP contribution is 2.21. The van der Waals surface area contributed by atoms with Gasteiger partial charge < -0.3 is 20.0 Å². The number of nitrogens with zero attached hydrogens (tertiary/aromatic N) is 3. The fraction of sp³-hybridized carbons (Fsp3) is 0.643. The van der Waals surface area contributed by atoms with Crippen molar-refractivity contribution < 1.29 is 4.79 Å². The van der Waals surface area contributed by atoms with E-state index in [0.29, 0.717) is 44.1 Å². The summed E-state index contributed by atoms with van der Waals surface area (Å²) in [4.78, 5) is 39.8. The highest BCUT2D eigenvalue weighted by molar-refractivity contribution is 5.75. The van der Waals surface area contributed by atoms with Crippen LogP contribution in [0.1, 0.15) is 6.42 Å². The average molecular weight is 294 g/mol. The Morgan fingerprint density at radius 2 is 1.81 bits per heavy atom. The molecule has 7 nitrogen and oxygen atoms in total. The Morgan fingerprint density at radius 1 is 1.14 bits per heavy atom. The molecule has 1 saturated heterocycles. The van der Waals surface area contributed by atoms with Crippen LogP contribution in [0.15, 0.2) is 9.59 Å². The fourth-order valence-corrected chi connectivity index (χ4v) is 2.50. The van der Waals surface area contributed by atoms with Crippen LogP contribution >= 0.6 is 0 Å². The van der Waals surface area contributed by atoms with Crippen LogP contribution < -0.4 is 21.1 Å². The maximum absolute atomic E-state index is 11.8. The minimum Gasteiger partial charge on any atom is -0.380 e. The van der Waals surface area contributed by atoms with Gasteiger partial charge >= 0.3 is 0 Å². The fourth-order valence-electron chi connectivity index (χ4n) is 2.50. The summed E-state index contributed by atoms with van der Waals surface area (Å²) in [5, 5.41) is 3.09. The van der Waals surface area contributed by atoms with E-state index in [-0.39, 0.29) is 0 Å². The molecule has 0 aliphatic carbocycles. The number of hydrogen-bond donors (Lipinski definition) is 1. The minimum atomic E-state index is -0.423. The Bertz CT molecular complexity index is 555. The van der Waals surface area contributed by atoms with E-state index in [1.165, 1.54) is 0 Å². The molecule has 1 amide bonds. The van der Waals surface area contributed by atoms with Crippen molar-refractivity contribution in [3.63, 3.8) is 0 Å². The van der Waals surface area contributed by atoms with Crippen molar-refractivity contribution in [1.82, 2.24) is 9.80 Å². The summed E-state index contributed by atoms with van der Waals surface area (Å²) in [5.74, 6) is 0. The lowest BCUT2D eigenvalue weighted by molar-refractivity contribution is -0.118. The molecule has 0 saturated carbocycles. The number of nitrogens with one attached hydrogen (secondary N) is 1. The van der Waals surface area contributed by atoms with E-state index in [4.69, 9.17) is 0 Å². The highest BCUT2D eigenvalue weighted by atomic mass is 16.2. The van der Waals surface area contributed by atoms with Gasteiger partial charge in [-0.05, 0) is 27.1 Å². The first-order valence-corrected chi connectivity index (χ1v) is 7.20. The van der Waals surface area contributed by atoms with E-state index in [9.17, 15) is 14.4 Å². The molecule has 0 unspecified atom stereocenters. The molecule has 0 spiro atoms. The second kappa shape index (κ2) is 6.71. The summed E-state index contributed by atoms with van der Waals surface area (Å²) in [5.41, 5.74) is 0.103. The molecule has 1 aromatic carbocycles. The average Bonchev–Trinajstić information content (AvgIpc) is 2.49. The molecular weight excluding hydrogens is 272 g/mol. The van der Waals surface area contributed by atoms with Gasteiger partial charge in [0, 0.05) is 32.7 Å². The molecule has 0 bridgehead atoms. The summed E-state index contributed by atoms with van der Waals surface area (Å²) in [6, 6.07) is 0. The maximum Gasteiger partial charge on any atom is 0.253 e. The zero-order valence-electron chi connectivity index (χ0n) is 12.6. The Labute approximate surface area is 123 Å². The van der Waals surface area contributed by atoms with Crippen LogP contribution in [0, 0.1) is 0 Å². The van der Waals surface area contributed by atoms with Gasteiger partial charge in [0.25, 0.3) is 10.9 Å². The van der Waals surface area contributed by atoms with Crippen molar-refractivity contribution in [2.24, 2.45) is 0 Å². The molecule has 116 valence electrons. The van der Waals surface area contributed by atoms with E-state index in [0.717, 1.165) is 19.4 Å². The third kappa shape index (κ3) is 3.41. The number of rotatable bonds is 7. The van der Waals surface area contributed by atoms with Gasteiger partial charge in [0.1, 0.15) is 11.4 Å². The Morgan fingerprint density at radius 3 is 2.38 bits per heavy atom. The van der Waals surface area contributed by atoms with Crippen molar-refractivity contribution in [2.45, 2.75) is 6.42 Å². The molecular formula is C14H22N4O3. The number of amides is 1. The van der Waals surface area contributed by atoms with Gasteiger partial charge in [-0.15, -0.1) is 0 Å². The molecule has 1 N–H and O–H groups in total. The number of piperazine rings is 1. The van der Waals surface area contributed by atoms with Crippen LogP contribution in [-0.2, 0) is 4.79 Å². The van der Waals surface area contributed by atoms with Gasteiger partial charge in [-0.25, -0.2) is 0 Å². The van der Waals surface area contributed by atoms with Gasteiger partial charge in [-0.2, -0.15) is 0 Å². The maximum atomic E-state index is 11.8. The first-order chi connectivity index (χ1) is 10.0. The predicted octanol–water partition coefficient (Wildman–Crippen LogP) is -1.08. The summed E-state index contributed by atoms with van der Waals surface area (Å²) in [7, 11) is 3.99. The Hall–Kier alpha value is -1.89. The topological polar surface area (TPSA) is 73.0 Å². The van der Waals surface area contributed by atoms with Crippen molar-refractivity contribution in [3.8, 4) is 0 Å². The molecule has 1 fully saturated rings. The largest absolute Gasteiger partial charge is 0.380 e. The third-order valence-electron chi connectivity index (χ3n) is 3.75. The van der Waals surface area contributed by atoms with E-state index in [1.54, 1.807) is 4.90 Å². The second-order valence-electron chi connectivity index (χ2n) is 5.59. The van der Waals surface area contributed by atoms with Crippen LogP contribution in [0.4, 0.5) is 11.4 Å². The lowest BCUT2D eigenvalue weighted by Gasteiger charge is -2.35. The number of carbonyl (C=O) groups is 1. The molecule has 1 aliphatic heterocycles. The molecule has 2 rings (SSSR count). The molecule has 0 aromatic heterocycles. The molecule has 21 heavy (non-hydrogen) atoms. The molecule has 1 aromatic rings. The van der Waals surface area contributed by atoms with Crippen LogP contribution in [0.25, 0.3) is 0 Å². The lowest BCUT2D eigenvalue weighted by Crippen LogP contribution is -2.51.